The standard InChI is InChI=1S/C23H31ClN6O2/c24-18-13-17(14-19(31)15-18)3-4-20-26-21(29-11-7-25-8-12-29)28-22(27-20)32-16-23-5-1-9-30(23)10-2-6-23/h13-15,25,31H,1-12,16H2. The van der Waals surface area contributed by atoms with Crippen LogP contribution < -0.4 is 15.0 Å². The molecule has 2 aromatic rings. The molecule has 0 radical (unpaired) electrons. The molecule has 0 bridgehead atoms. The van der Waals surface area contributed by atoms with Gasteiger partial charge in [0.15, 0.2) is 0 Å². The van der Waals surface area contributed by atoms with Gasteiger partial charge in [-0.2, -0.15) is 15.0 Å². The average Bonchev–Trinajstić information content (AvgIpc) is 3.37. The van der Waals surface area contributed by atoms with Crippen LogP contribution in [0.1, 0.15) is 37.1 Å². The lowest BCUT2D eigenvalue weighted by molar-refractivity contribution is 0.107. The van der Waals surface area contributed by atoms with Gasteiger partial charge in [0.1, 0.15) is 18.2 Å². The summed E-state index contributed by atoms with van der Waals surface area (Å²) in [6, 6.07) is 5.56. The van der Waals surface area contributed by atoms with Crippen molar-refractivity contribution in [1.82, 2.24) is 25.2 Å². The van der Waals surface area contributed by atoms with Crippen LogP contribution in [-0.4, -0.2) is 76.4 Å². The fourth-order valence-corrected chi connectivity index (χ4v) is 5.51. The van der Waals surface area contributed by atoms with Gasteiger partial charge in [0, 0.05) is 37.6 Å². The molecule has 32 heavy (non-hydrogen) atoms. The van der Waals surface area contributed by atoms with Crippen molar-refractivity contribution >= 4 is 17.5 Å². The molecule has 2 N–H and O–H groups in total. The lowest BCUT2D eigenvalue weighted by atomic mass is 9.95. The van der Waals surface area contributed by atoms with Gasteiger partial charge < -0.3 is 20.1 Å². The summed E-state index contributed by atoms with van der Waals surface area (Å²) in [5, 5.41) is 13.7. The van der Waals surface area contributed by atoms with E-state index in [1.54, 1.807) is 6.07 Å². The van der Waals surface area contributed by atoms with E-state index >= 15 is 0 Å². The summed E-state index contributed by atoms with van der Waals surface area (Å²) in [7, 11) is 0. The molecule has 3 fully saturated rings. The van der Waals surface area contributed by atoms with E-state index in [1.807, 2.05) is 6.07 Å². The number of phenols is 1. The summed E-state index contributed by atoms with van der Waals surface area (Å²) in [6.45, 7) is 6.54. The van der Waals surface area contributed by atoms with Gasteiger partial charge in [-0.05, 0) is 69.0 Å². The van der Waals surface area contributed by atoms with Gasteiger partial charge in [0.25, 0.3) is 0 Å². The van der Waals surface area contributed by atoms with Crippen molar-refractivity contribution in [2.45, 2.75) is 44.1 Å². The minimum absolute atomic E-state index is 0.153. The van der Waals surface area contributed by atoms with Crippen molar-refractivity contribution in [1.29, 1.82) is 0 Å². The van der Waals surface area contributed by atoms with Gasteiger partial charge in [-0.3, -0.25) is 4.90 Å². The highest BCUT2D eigenvalue weighted by atomic mass is 35.5. The van der Waals surface area contributed by atoms with Gasteiger partial charge in [-0.25, -0.2) is 0 Å². The maximum atomic E-state index is 9.84. The number of benzene rings is 1. The van der Waals surface area contributed by atoms with Crippen LogP contribution in [0.15, 0.2) is 18.2 Å². The minimum atomic E-state index is 0.153. The molecule has 3 aliphatic rings. The number of phenolic OH excluding ortho intramolecular Hbond substituents is 1. The molecule has 172 valence electrons. The summed E-state index contributed by atoms with van der Waals surface area (Å²) in [4.78, 5) is 18.9. The molecule has 0 unspecified atom stereocenters. The van der Waals surface area contributed by atoms with Gasteiger partial charge in [0.05, 0.1) is 5.54 Å². The van der Waals surface area contributed by atoms with Crippen LogP contribution in [0.2, 0.25) is 5.02 Å². The third kappa shape index (κ3) is 4.77. The van der Waals surface area contributed by atoms with E-state index in [0.717, 1.165) is 31.7 Å². The van der Waals surface area contributed by atoms with Gasteiger partial charge in [-0.1, -0.05) is 11.6 Å². The highest BCUT2D eigenvalue weighted by Crippen LogP contribution is 2.39. The number of aromatic nitrogens is 3. The molecule has 5 rings (SSSR count). The van der Waals surface area contributed by atoms with E-state index in [-0.39, 0.29) is 11.3 Å². The zero-order valence-corrected chi connectivity index (χ0v) is 19.1. The van der Waals surface area contributed by atoms with Crippen LogP contribution in [0.5, 0.6) is 11.8 Å². The van der Waals surface area contributed by atoms with Crippen molar-refractivity contribution in [2.24, 2.45) is 0 Å². The second kappa shape index (κ2) is 9.37. The predicted molar refractivity (Wildman–Crippen MR) is 124 cm³/mol. The third-order valence-electron chi connectivity index (χ3n) is 6.91. The topological polar surface area (TPSA) is 86.6 Å². The minimum Gasteiger partial charge on any atom is -0.508 e. The van der Waals surface area contributed by atoms with Gasteiger partial charge in [-0.15, -0.1) is 0 Å². The second-order valence-corrected chi connectivity index (χ2v) is 9.53. The number of halogens is 1. The largest absolute Gasteiger partial charge is 0.508 e. The average molecular weight is 459 g/mol. The molecule has 0 saturated carbocycles. The zero-order valence-electron chi connectivity index (χ0n) is 18.4. The van der Waals surface area contributed by atoms with Crippen molar-refractivity contribution in [3.05, 3.63) is 34.6 Å². The number of fused-ring (bicyclic) bond motifs is 1. The first-order valence-electron chi connectivity index (χ1n) is 11.7. The first-order valence-corrected chi connectivity index (χ1v) is 12.0. The molecule has 1 aromatic heterocycles. The predicted octanol–water partition coefficient (Wildman–Crippen LogP) is 2.43. The summed E-state index contributed by atoms with van der Waals surface area (Å²) in [5.41, 5.74) is 1.10. The molecule has 9 heteroatoms. The lowest BCUT2D eigenvalue weighted by Crippen LogP contribution is -2.45. The van der Waals surface area contributed by atoms with Crippen molar-refractivity contribution < 1.29 is 9.84 Å². The number of hydrogen-bond acceptors (Lipinski definition) is 8. The quantitative estimate of drug-likeness (QED) is 0.654. The highest BCUT2D eigenvalue weighted by Gasteiger charge is 2.45. The number of ether oxygens (including phenoxy) is 1. The smallest absolute Gasteiger partial charge is 0.321 e. The van der Waals surface area contributed by atoms with Crippen LogP contribution in [0.3, 0.4) is 0 Å². The van der Waals surface area contributed by atoms with Crippen LogP contribution in [0.25, 0.3) is 0 Å². The van der Waals surface area contributed by atoms with Crippen molar-refractivity contribution in [3.8, 4) is 11.8 Å². The normalized spacial score (nSPS) is 20.5. The van der Waals surface area contributed by atoms with Crippen LogP contribution in [0.4, 0.5) is 5.95 Å². The number of piperazine rings is 1. The maximum absolute atomic E-state index is 9.84. The van der Waals surface area contributed by atoms with E-state index in [4.69, 9.17) is 21.3 Å². The van der Waals surface area contributed by atoms with E-state index in [2.05, 4.69) is 25.1 Å². The Hall–Kier alpha value is -2.16. The number of anilines is 1. The molecule has 0 atom stereocenters. The van der Waals surface area contributed by atoms with Crippen LogP contribution >= 0.6 is 11.6 Å². The second-order valence-electron chi connectivity index (χ2n) is 9.10. The van der Waals surface area contributed by atoms with E-state index in [9.17, 15) is 5.11 Å². The van der Waals surface area contributed by atoms with Crippen LogP contribution in [-0.2, 0) is 12.8 Å². The molecule has 3 saturated heterocycles. The van der Waals surface area contributed by atoms with Gasteiger partial charge >= 0.3 is 6.01 Å². The number of nitrogens with one attached hydrogen (secondary N) is 1. The Morgan fingerprint density at radius 2 is 1.78 bits per heavy atom. The molecular formula is C23H31ClN6O2. The fourth-order valence-electron chi connectivity index (χ4n) is 5.26. The van der Waals surface area contributed by atoms with E-state index in [1.165, 1.54) is 44.8 Å². The number of aromatic hydroxyl groups is 1. The van der Waals surface area contributed by atoms with Crippen molar-refractivity contribution in [2.75, 3.05) is 50.8 Å². The first-order chi connectivity index (χ1) is 15.6. The summed E-state index contributed by atoms with van der Waals surface area (Å²) < 4.78 is 6.25. The highest BCUT2D eigenvalue weighted by molar-refractivity contribution is 6.30. The Bertz CT molecular complexity index is 922. The molecule has 1 aromatic carbocycles. The summed E-state index contributed by atoms with van der Waals surface area (Å²) in [5.74, 6) is 1.56. The number of nitrogens with zero attached hydrogens (tertiary/aromatic N) is 5. The third-order valence-corrected chi connectivity index (χ3v) is 7.13. The Kier molecular flexibility index (Phi) is 6.35. The molecule has 0 aliphatic carbocycles. The zero-order chi connectivity index (χ0) is 22.0. The SMILES string of the molecule is Oc1cc(Cl)cc(CCc2nc(OCC34CCCN3CCC4)nc(N3CCNCC3)n2)c1. The summed E-state index contributed by atoms with van der Waals surface area (Å²) >= 11 is 6.09. The first kappa shape index (κ1) is 21.7. The maximum Gasteiger partial charge on any atom is 0.321 e. The van der Waals surface area contributed by atoms with E-state index in [0.29, 0.717) is 42.3 Å². The number of aryl methyl sites for hydroxylation is 2. The molecular weight excluding hydrogens is 428 g/mol. The Balaban J connectivity index is 1.34. The molecule has 3 aliphatic heterocycles. The van der Waals surface area contributed by atoms with Crippen LogP contribution in [0, 0.1) is 0 Å². The number of hydrogen-bond donors (Lipinski definition) is 2. The lowest BCUT2D eigenvalue weighted by Gasteiger charge is -2.31. The van der Waals surface area contributed by atoms with Gasteiger partial charge in [0.2, 0.25) is 5.95 Å². The Morgan fingerprint density at radius 3 is 2.53 bits per heavy atom. The summed E-state index contributed by atoms with van der Waals surface area (Å²) in [6.07, 6.45) is 6.15. The molecule has 0 amide bonds. The molecule has 4 heterocycles. The Labute approximate surface area is 194 Å². The molecule has 8 nitrogen and oxygen atoms in total. The fraction of sp³-hybridized carbons (Fsp3) is 0.609. The molecule has 0 spiro atoms. The monoisotopic (exact) mass is 458 g/mol. The van der Waals surface area contributed by atoms with Crippen molar-refractivity contribution in [3.63, 3.8) is 0 Å². The number of rotatable bonds is 7. The Morgan fingerprint density at radius 1 is 1.00 bits per heavy atom. The van der Waals surface area contributed by atoms with E-state index < -0.39 is 0 Å².